The second-order valence-corrected chi connectivity index (χ2v) is 2.27. The minimum atomic E-state index is 0. The van der Waals surface area contributed by atoms with E-state index in [1.54, 1.807) is 0 Å². The zero-order chi connectivity index (χ0) is 6.24. The third-order valence-corrected chi connectivity index (χ3v) is 1.35. The first-order chi connectivity index (χ1) is 3.91. The van der Waals surface area contributed by atoms with Gasteiger partial charge in [0, 0.05) is 0 Å². The van der Waals surface area contributed by atoms with E-state index in [4.69, 9.17) is 0 Å². The van der Waals surface area contributed by atoms with Gasteiger partial charge in [0.15, 0.2) is 0 Å². The average molecular weight is 217 g/mol. The monoisotopic (exact) mass is 216 g/mol. The fourth-order valence-electron chi connectivity index (χ4n) is 0.780. The second-order valence-electron chi connectivity index (χ2n) is 2.27. The molecule has 0 aromatic rings. The molecule has 0 aromatic carbocycles. The standard InChI is InChI=1S/C8H17.BrH.Mg/c1-3-5-7-8-6-4-2;;/h1,3-8H2,2H3;1H;/q-1;;+2/p-1. The fourth-order valence-corrected chi connectivity index (χ4v) is 0.780. The van der Waals surface area contributed by atoms with Crippen molar-refractivity contribution >= 4 is 23.1 Å². The summed E-state index contributed by atoms with van der Waals surface area (Å²) in [5, 5.41) is 0. The van der Waals surface area contributed by atoms with E-state index in [2.05, 4.69) is 13.8 Å². The molecule has 0 aromatic heterocycles. The van der Waals surface area contributed by atoms with Gasteiger partial charge in [0.05, 0.1) is 0 Å². The van der Waals surface area contributed by atoms with E-state index in [1.807, 2.05) is 0 Å². The van der Waals surface area contributed by atoms with Crippen molar-refractivity contribution in [1.82, 2.24) is 0 Å². The first-order valence-corrected chi connectivity index (χ1v) is 3.71. The van der Waals surface area contributed by atoms with E-state index in [1.165, 1.54) is 32.1 Å². The van der Waals surface area contributed by atoms with Crippen molar-refractivity contribution in [2.45, 2.75) is 45.4 Å². The summed E-state index contributed by atoms with van der Waals surface area (Å²) in [6.45, 7) is 6.02. The molecule has 0 radical (unpaired) electrons. The Bertz CT molecular complexity index is 34.2. The Kier molecular flexibility index (Phi) is 29.0. The molecule has 2 heteroatoms. The van der Waals surface area contributed by atoms with E-state index >= 15 is 0 Å². The van der Waals surface area contributed by atoms with Gasteiger partial charge in [-0.25, -0.2) is 0 Å². The molecular weight excluding hydrogens is 200 g/mol. The first kappa shape index (κ1) is 17.4. The van der Waals surface area contributed by atoms with Crippen molar-refractivity contribution in [2.24, 2.45) is 0 Å². The van der Waals surface area contributed by atoms with E-state index in [9.17, 15) is 0 Å². The molecule has 0 fully saturated rings. The van der Waals surface area contributed by atoms with E-state index in [-0.39, 0.29) is 40.0 Å². The zero-order valence-corrected chi connectivity index (χ0v) is 10.0. The van der Waals surface area contributed by atoms with Crippen LogP contribution < -0.4 is 17.0 Å². The van der Waals surface area contributed by atoms with Gasteiger partial charge in [0.2, 0.25) is 0 Å². The fraction of sp³-hybridized carbons (Fsp3) is 0.875. The Labute approximate surface area is 92.1 Å². The van der Waals surface area contributed by atoms with E-state index < -0.39 is 0 Å². The summed E-state index contributed by atoms with van der Waals surface area (Å²) < 4.78 is 0. The van der Waals surface area contributed by atoms with Gasteiger partial charge in [-0.3, -0.25) is 0 Å². The van der Waals surface area contributed by atoms with Crippen LogP contribution in [0.4, 0.5) is 0 Å². The van der Waals surface area contributed by atoms with Crippen LogP contribution >= 0.6 is 0 Å². The van der Waals surface area contributed by atoms with Crippen LogP contribution in [0.3, 0.4) is 0 Å². The number of halogens is 1. The van der Waals surface area contributed by atoms with Crippen LogP contribution in [0, 0.1) is 6.92 Å². The van der Waals surface area contributed by atoms with Crippen molar-refractivity contribution in [3.8, 4) is 0 Å². The summed E-state index contributed by atoms with van der Waals surface area (Å²) in [5.74, 6) is 0. The molecule has 0 rings (SSSR count). The predicted molar refractivity (Wildman–Crippen MR) is 44.5 cm³/mol. The summed E-state index contributed by atoms with van der Waals surface area (Å²) in [5.41, 5.74) is 0. The van der Waals surface area contributed by atoms with Crippen molar-refractivity contribution in [3.63, 3.8) is 0 Å². The first-order valence-electron chi connectivity index (χ1n) is 3.71. The third kappa shape index (κ3) is 16.1. The molecule has 0 unspecified atom stereocenters. The molecule has 0 saturated heterocycles. The van der Waals surface area contributed by atoms with Crippen LogP contribution in [0.2, 0.25) is 0 Å². The van der Waals surface area contributed by atoms with Crippen LogP contribution in [0.25, 0.3) is 0 Å². The van der Waals surface area contributed by atoms with Crippen molar-refractivity contribution < 1.29 is 17.0 Å². The summed E-state index contributed by atoms with van der Waals surface area (Å²) >= 11 is 0. The Balaban J connectivity index is -0.000000245. The summed E-state index contributed by atoms with van der Waals surface area (Å²) in [7, 11) is 0. The molecule has 0 aliphatic rings. The number of rotatable bonds is 5. The average Bonchev–Trinajstić information content (AvgIpc) is 1.81. The maximum Gasteiger partial charge on any atom is 2.00 e. The largest absolute Gasteiger partial charge is 2.00 e. The minimum absolute atomic E-state index is 0. The molecule has 0 N–H and O–H groups in total. The van der Waals surface area contributed by atoms with Crippen molar-refractivity contribution in [3.05, 3.63) is 6.92 Å². The summed E-state index contributed by atoms with van der Waals surface area (Å²) in [6, 6.07) is 0. The predicted octanol–water partition coefficient (Wildman–Crippen LogP) is -0.196. The smallest absolute Gasteiger partial charge is 1.00 e. The summed E-state index contributed by atoms with van der Waals surface area (Å²) in [6.07, 6.45) is 7.98. The molecular formula is C8H17BrMg. The minimum Gasteiger partial charge on any atom is -1.00 e. The number of hydrogen-bond donors (Lipinski definition) is 0. The Morgan fingerprint density at radius 2 is 1.50 bits per heavy atom. The van der Waals surface area contributed by atoms with Gasteiger partial charge in [-0.05, 0) is 0 Å². The van der Waals surface area contributed by atoms with Crippen LogP contribution in [0.5, 0.6) is 0 Å². The number of unbranched alkanes of at least 4 members (excludes halogenated alkanes) is 5. The zero-order valence-electron chi connectivity index (χ0n) is 7.03. The molecule has 0 heterocycles. The van der Waals surface area contributed by atoms with Crippen LogP contribution in [-0.2, 0) is 0 Å². The molecule has 0 atom stereocenters. The maximum absolute atomic E-state index is 3.78. The molecule has 0 aliphatic carbocycles. The van der Waals surface area contributed by atoms with Gasteiger partial charge >= 0.3 is 23.1 Å². The molecule has 0 amide bonds. The van der Waals surface area contributed by atoms with Gasteiger partial charge in [0.25, 0.3) is 0 Å². The molecule has 0 aliphatic heterocycles. The Morgan fingerprint density at radius 1 is 1.00 bits per heavy atom. The van der Waals surface area contributed by atoms with E-state index in [0.717, 1.165) is 6.42 Å². The quantitative estimate of drug-likeness (QED) is 0.340. The van der Waals surface area contributed by atoms with Gasteiger partial charge in [0.1, 0.15) is 0 Å². The summed E-state index contributed by atoms with van der Waals surface area (Å²) in [4.78, 5) is 0. The van der Waals surface area contributed by atoms with Crippen LogP contribution in [0.15, 0.2) is 0 Å². The van der Waals surface area contributed by atoms with Crippen molar-refractivity contribution in [1.29, 1.82) is 0 Å². The molecule has 0 bridgehead atoms. The molecule has 0 spiro atoms. The van der Waals surface area contributed by atoms with E-state index in [0.29, 0.717) is 0 Å². The van der Waals surface area contributed by atoms with Gasteiger partial charge in [-0.15, -0.1) is 0 Å². The van der Waals surface area contributed by atoms with Gasteiger partial charge in [-0.2, -0.15) is 6.42 Å². The normalized spacial score (nSPS) is 7.80. The molecule has 58 valence electrons. The third-order valence-electron chi connectivity index (χ3n) is 1.35. The van der Waals surface area contributed by atoms with Crippen LogP contribution in [0.1, 0.15) is 45.4 Å². The maximum atomic E-state index is 3.78. The number of hydrogen-bond acceptors (Lipinski definition) is 0. The van der Waals surface area contributed by atoms with Crippen LogP contribution in [-0.4, -0.2) is 23.1 Å². The Hall–Kier alpha value is 1.25. The molecule has 0 saturated carbocycles. The molecule has 10 heavy (non-hydrogen) atoms. The van der Waals surface area contributed by atoms with Crippen molar-refractivity contribution in [2.75, 3.05) is 0 Å². The van der Waals surface area contributed by atoms with Gasteiger partial charge in [-0.1, -0.05) is 39.0 Å². The second kappa shape index (κ2) is 16.7. The Morgan fingerprint density at radius 3 is 1.90 bits per heavy atom. The topological polar surface area (TPSA) is 0 Å². The van der Waals surface area contributed by atoms with Gasteiger partial charge < -0.3 is 23.9 Å². The molecule has 0 nitrogen and oxygen atoms in total. The SMILES string of the molecule is [Br-].[CH2-]CCCCCCC.[Mg+2].